The fourth-order valence-electron chi connectivity index (χ4n) is 2.22. The molecule has 0 heterocycles. The SMILES string of the molecule is CCOC(=O)C(CCCCC1C=CC=C1)C(=O)OCC. The minimum atomic E-state index is -0.774. The lowest BCUT2D eigenvalue weighted by molar-refractivity contribution is -0.161. The first kappa shape index (κ1) is 16.5. The standard InChI is InChI=1S/C16H24O4/c1-3-19-15(17)14(16(18)20-4-2)12-8-7-11-13-9-5-6-10-13/h5-6,9-10,13-14H,3-4,7-8,11-12H2,1-2H3. The van der Waals surface area contributed by atoms with Crippen molar-refractivity contribution in [2.24, 2.45) is 11.8 Å². The zero-order chi connectivity index (χ0) is 14.8. The highest BCUT2D eigenvalue weighted by Crippen LogP contribution is 2.19. The quantitative estimate of drug-likeness (QED) is 0.370. The summed E-state index contributed by atoms with van der Waals surface area (Å²) in [5.41, 5.74) is 0. The Bertz CT molecular complexity index is 341. The van der Waals surface area contributed by atoms with Gasteiger partial charge in [0, 0.05) is 0 Å². The predicted octanol–water partition coefficient (Wildman–Crippen LogP) is 3.03. The Labute approximate surface area is 120 Å². The van der Waals surface area contributed by atoms with Gasteiger partial charge in [0.25, 0.3) is 0 Å². The van der Waals surface area contributed by atoms with Crippen LogP contribution in [0, 0.1) is 11.8 Å². The van der Waals surface area contributed by atoms with Crippen LogP contribution >= 0.6 is 0 Å². The van der Waals surface area contributed by atoms with Crippen LogP contribution in [-0.4, -0.2) is 25.2 Å². The summed E-state index contributed by atoms with van der Waals surface area (Å²) in [6, 6.07) is 0. The first-order valence-electron chi connectivity index (χ1n) is 7.37. The second-order valence-electron chi connectivity index (χ2n) is 4.77. The highest BCUT2D eigenvalue weighted by atomic mass is 16.6. The number of ether oxygens (including phenoxy) is 2. The van der Waals surface area contributed by atoms with Gasteiger partial charge in [-0.2, -0.15) is 0 Å². The molecule has 4 heteroatoms. The third kappa shape index (κ3) is 5.59. The van der Waals surface area contributed by atoms with Gasteiger partial charge in [0.2, 0.25) is 0 Å². The molecule has 1 aliphatic rings. The molecule has 0 aromatic rings. The van der Waals surface area contributed by atoms with Gasteiger partial charge in [-0.1, -0.05) is 37.1 Å². The summed E-state index contributed by atoms with van der Waals surface area (Å²) in [5, 5.41) is 0. The Morgan fingerprint density at radius 1 is 1.00 bits per heavy atom. The van der Waals surface area contributed by atoms with Gasteiger partial charge in [-0.25, -0.2) is 0 Å². The van der Waals surface area contributed by atoms with Gasteiger partial charge in [-0.05, 0) is 32.6 Å². The molecule has 0 spiro atoms. The van der Waals surface area contributed by atoms with E-state index in [-0.39, 0.29) is 13.2 Å². The number of hydrogen-bond donors (Lipinski definition) is 0. The molecular weight excluding hydrogens is 256 g/mol. The summed E-state index contributed by atoms with van der Waals surface area (Å²) < 4.78 is 9.88. The van der Waals surface area contributed by atoms with E-state index in [0.29, 0.717) is 12.3 Å². The molecule has 0 N–H and O–H groups in total. The van der Waals surface area contributed by atoms with E-state index in [1.54, 1.807) is 13.8 Å². The molecule has 4 nitrogen and oxygen atoms in total. The van der Waals surface area contributed by atoms with E-state index in [1.807, 2.05) is 12.2 Å². The maximum Gasteiger partial charge on any atom is 0.320 e. The van der Waals surface area contributed by atoms with Gasteiger partial charge in [-0.15, -0.1) is 0 Å². The average molecular weight is 280 g/mol. The number of unbranched alkanes of at least 4 members (excludes halogenated alkanes) is 1. The van der Waals surface area contributed by atoms with Crippen LogP contribution in [-0.2, 0) is 19.1 Å². The summed E-state index contributed by atoms with van der Waals surface area (Å²) >= 11 is 0. The molecule has 112 valence electrons. The first-order valence-corrected chi connectivity index (χ1v) is 7.37. The van der Waals surface area contributed by atoms with Crippen LogP contribution in [0.2, 0.25) is 0 Å². The van der Waals surface area contributed by atoms with Gasteiger partial charge in [0.15, 0.2) is 5.92 Å². The molecule has 0 aromatic carbocycles. The van der Waals surface area contributed by atoms with Gasteiger partial charge < -0.3 is 9.47 Å². The molecule has 1 rings (SSSR count). The Morgan fingerprint density at radius 3 is 2.05 bits per heavy atom. The largest absolute Gasteiger partial charge is 0.465 e. The normalized spacial score (nSPS) is 13.9. The summed E-state index contributed by atoms with van der Waals surface area (Å²) in [6.07, 6.45) is 11.8. The van der Waals surface area contributed by atoms with Crippen molar-refractivity contribution >= 4 is 11.9 Å². The summed E-state index contributed by atoms with van der Waals surface area (Å²) in [5.74, 6) is -1.21. The fourth-order valence-corrected chi connectivity index (χ4v) is 2.22. The molecule has 0 radical (unpaired) electrons. The highest BCUT2D eigenvalue weighted by Gasteiger charge is 2.28. The second-order valence-corrected chi connectivity index (χ2v) is 4.77. The minimum Gasteiger partial charge on any atom is -0.465 e. The third-order valence-electron chi connectivity index (χ3n) is 3.25. The number of rotatable bonds is 9. The molecule has 0 aliphatic heterocycles. The number of hydrogen-bond acceptors (Lipinski definition) is 4. The molecule has 0 atom stereocenters. The predicted molar refractivity (Wildman–Crippen MR) is 77.0 cm³/mol. The summed E-state index contributed by atoms with van der Waals surface area (Å²) in [7, 11) is 0. The Hall–Kier alpha value is -1.58. The molecule has 0 amide bonds. The zero-order valence-corrected chi connectivity index (χ0v) is 12.3. The lowest BCUT2D eigenvalue weighted by Gasteiger charge is -2.14. The van der Waals surface area contributed by atoms with Crippen LogP contribution in [0.1, 0.15) is 39.5 Å². The van der Waals surface area contributed by atoms with Crippen molar-refractivity contribution in [1.82, 2.24) is 0 Å². The lowest BCUT2D eigenvalue weighted by atomic mass is 9.98. The van der Waals surface area contributed by atoms with Crippen molar-refractivity contribution < 1.29 is 19.1 Å². The third-order valence-corrected chi connectivity index (χ3v) is 3.25. The van der Waals surface area contributed by atoms with E-state index in [1.165, 1.54) is 0 Å². The maximum absolute atomic E-state index is 11.8. The molecule has 20 heavy (non-hydrogen) atoms. The highest BCUT2D eigenvalue weighted by molar-refractivity contribution is 5.94. The summed E-state index contributed by atoms with van der Waals surface area (Å²) in [6.45, 7) is 4.04. The van der Waals surface area contributed by atoms with Crippen molar-refractivity contribution in [2.45, 2.75) is 39.5 Å². The Balaban J connectivity index is 2.35. The average Bonchev–Trinajstić information content (AvgIpc) is 2.92. The van der Waals surface area contributed by atoms with Gasteiger partial charge in [-0.3, -0.25) is 9.59 Å². The second kappa shape index (κ2) is 9.34. The molecular formula is C16H24O4. The van der Waals surface area contributed by atoms with Crippen molar-refractivity contribution in [1.29, 1.82) is 0 Å². The number of carbonyl (C=O) groups excluding carboxylic acids is 2. The van der Waals surface area contributed by atoms with E-state index in [0.717, 1.165) is 19.3 Å². The van der Waals surface area contributed by atoms with Crippen molar-refractivity contribution in [3.05, 3.63) is 24.3 Å². The molecule has 0 unspecified atom stereocenters. The van der Waals surface area contributed by atoms with Crippen LogP contribution in [0.25, 0.3) is 0 Å². The van der Waals surface area contributed by atoms with E-state index in [9.17, 15) is 9.59 Å². The van der Waals surface area contributed by atoms with E-state index >= 15 is 0 Å². The number of carbonyl (C=O) groups is 2. The zero-order valence-electron chi connectivity index (χ0n) is 12.3. The Kier molecular flexibility index (Phi) is 7.70. The van der Waals surface area contributed by atoms with E-state index in [2.05, 4.69) is 12.2 Å². The monoisotopic (exact) mass is 280 g/mol. The van der Waals surface area contributed by atoms with Crippen LogP contribution in [0.5, 0.6) is 0 Å². The molecule has 0 saturated heterocycles. The number of esters is 2. The maximum atomic E-state index is 11.8. The summed E-state index contributed by atoms with van der Waals surface area (Å²) in [4.78, 5) is 23.5. The first-order chi connectivity index (χ1) is 9.69. The molecule has 0 fully saturated rings. The van der Waals surface area contributed by atoms with Crippen molar-refractivity contribution in [3.63, 3.8) is 0 Å². The molecule has 0 aromatic heterocycles. The molecule has 0 saturated carbocycles. The van der Waals surface area contributed by atoms with Crippen LogP contribution in [0.3, 0.4) is 0 Å². The van der Waals surface area contributed by atoms with Crippen LogP contribution < -0.4 is 0 Å². The lowest BCUT2D eigenvalue weighted by Crippen LogP contribution is -2.28. The van der Waals surface area contributed by atoms with Gasteiger partial charge >= 0.3 is 11.9 Å². The van der Waals surface area contributed by atoms with Crippen molar-refractivity contribution in [2.75, 3.05) is 13.2 Å². The van der Waals surface area contributed by atoms with Crippen LogP contribution in [0.4, 0.5) is 0 Å². The van der Waals surface area contributed by atoms with E-state index < -0.39 is 17.9 Å². The number of allylic oxidation sites excluding steroid dienone is 4. The van der Waals surface area contributed by atoms with Gasteiger partial charge in [0.05, 0.1) is 13.2 Å². The Morgan fingerprint density at radius 2 is 1.55 bits per heavy atom. The van der Waals surface area contributed by atoms with E-state index in [4.69, 9.17) is 9.47 Å². The molecule has 1 aliphatic carbocycles. The van der Waals surface area contributed by atoms with Crippen molar-refractivity contribution in [3.8, 4) is 0 Å². The minimum absolute atomic E-state index is 0.284. The topological polar surface area (TPSA) is 52.6 Å². The van der Waals surface area contributed by atoms with Gasteiger partial charge in [0.1, 0.15) is 0 Å². The molecule has 0 bridgehead atoms. The smallest absolute Gasteiger partial charge is 0.320 e. The fraction of sp³-hybridized carbons (Fsp3) is 0.625. The van der Waals surface area contributed by atoms with Crippen LogP contribution in [0.15, 0.2) is 24.3 Å².